The summed E-state index contributed by atoms with van der Waals surface area (Å²) in [5.74, 6) is -0.668. The summed E-state index contributed by atoms with van der Waals surface area (Å²) in [7, 11) is 0. The van der Waals surface area contributed by atoms with Crippen LogP contribution in [0, 0.1) is 0 Å². The maximum Gasteiger partial charge on any atom is 0.320 e. The van der Waals surface area contributed by atoms with E-state index in [1.165, 1.54) is 0 Å². The molecule has 1 unspecified atom stereocenters. The highest BCUT2D eigenvalue weighted by Gasteiger charge is 2.30. The van der Waals surface area contributed by atoms with Gasteiger partial charge < -0.3 is 10.4 Å². The maximum atomic E-state index is 11.2. The molecule has 2 aliphatic rings. The highest BCUT2D eigenvalue weighted by atomic mass is 16.4. The quantitative estimate of drug-likeness (QED) is 0.752. The van der Waals surface area contributed by atoms with Gasteiger partial charge in [-0.25, -0.2) is 0 Å². The SMILES string of the molecule is CCC(C(=O)O)N1CCC(N2CCNCC2)CC1. The van der Waals surface area contributed by atoms with Gasteiger partial charge in [0.2, 0.25) is 0 Å². The number of nitrogens with one attached hydrogen (secondary N) is 1. The molecule has 0 aromatic rings. The highest BCUT2D eigenvalue weighted by Crippen LogP contribution is 2.19. The molecule has 5 heteroatoms. The van der Waals surface area contributed by atoms with Crippen LogP contribution in [-0.4, -0.2) is 72.2 Å². The molecule has 0 amide bonds. The van der Waals surface area contributed by atoms with Crippen LogP contribution in [0.25, 0.3) is 0 Å². The third-order valence-electron chi connectivity index (χ3n) is 4.28. The predicted molar refractivity (Wildman–Crippen MR) is 70.8 cm³/mol. The molecule has 2 N–H and O–H groups in total. The van der Waals surface area contributed by atoms with Crippen molar-refractivity contribution in [2.75, 3.05) is 39.3 Å². The van der Waals surface area contributed by atoms with Crippen molar-refractivity contribution in [2.24, 2.45) is 0 Å². The topological polar surface area (TPSA) is 55.8 Å². The van der Waals surface area contributed by atoms with E-state index in [1.54, 1.807) is 0 Å². The van der Waals surface area contributed by atoms with Gasteiger partial charge in [-0.1, -0.05) is 6.92 Å². The Kier molecular flexibility index (Phi) is 4.97. The fraction of sp³-hybridized carbons (Fsp3) is 0.923. The van der Waals surface area contributed by atoms with Gasteiger partial charge in [0, 0.05) is 45.3 Å². The average molecular weight is 255 g/mol. The van der Waals surface area contributed by atoms with E-state index in [0.29, 0.717) is 12.5 Å². The van der Waals surface area contributed by atoms with E-state index in [9.17, 15) is 9.90 Å². The normalized spacial score (nSPS) is 26.1. The molecule has 0 aliphatic carbocycles. The first-order valence-electron chi connectivity index (χ1n) is 7.14. The van der Waals surface area contributed by atoms with E-state index in [-0.39, 0.29) is 6.04 Å². The first kappa shape index (κ1) is 13.8. The third-order valence-corrected chi connectivity index (χ3v) is 4.28. The zero-order valence-corrected chi connectivity index (χ0v) is 11.3. The molecule has 2 aliphatic heterocycles. The van der Waals surface area contributed by atoms with Gasteiger partial charge in [-0.3, -0.25) is 14.6 Å². The fourth-order valence-corrected chi connectivity index (χ4v) is 3.20. The third kappa shape index (κ3) is 3.22. The predicted octanol–water partition coefficient (Wildman–Crippen LogP) is 0.219. The molecule has 0 aromatic heterocycles. The number of likely N-dealkylation sites (tertiary alicyclic amines) is 1. The summed E-state index contributed by atoms with van der Waals surface area (Å²) in [5, 5.41) is 12.6. The van der Waals surface area contributed by atoms with Crippen molar-refractivity contribution in [2.45, 2.75) is 38.3 Å². The largest absolute Gasteiger partial charge is 0.480 e. The summed E-state index contributed by atoms with van der Waals surface area (Å²) in [6, 6.07) is 0.378. The number of carbonyl (C=O) groups is 1. The molecule has 104 valence electrons. The number of hydrogen-bond donors (Lipinski definition) is 2. The van der Waals surface area contributed by atoms with Gasteiger partial charge in [0.1, 0.15) is 6.04 Å². The van der Waals surface area contributed by atoms with E-state index in [1.807, 2.05) is 6.92 Å². The van der Waals surface area contributed by atoms with Crippen LogP contribution in [-0.2, 0) is 4.79 Å². The minimum atomic E-state index is -0.668. The molecule has 5 nitrogen and oxygen atoms in total. The standard InChI is InChI=1S/C13H25N3O2/c1-2-12(13(17)18)16-7-3-11(4-8-16)15-9-5-14-6-10-15/h11-12,14H,2-10H2,1H3,(H,17,18). The number of rotatable bonds is 4. The summed E-state index contributed by atoms with van der Waals surface area (Å²) >= 11 is 0. The van der Waals surface area contributed by atoms with Crippen molar-refractivity contribution in [1.82, 2.24) is 15.1 Å². The van der Waals surface area contributed by atoms with E-state index >= 15 is 0 Å². The van der Waals surface area contributed by atoms with Gasteiger partial charge in [0.25, 0.3) is 0 Å². The lowest BCUT2D eigenvalue weighted by molar-refractivity contribution is -0.144. The van der Waals surface area contributed by atoms with Gasteiger partial charge in [-0.05, 0) is 19.3 Å². The van der Waals surface area contributed by atoms with E-state index in [2.05, 4.69) is 15.1 Å². The van der Waals surface area contributed by atoms with E-state index in [4.69, 9.17) is 0 Å². The Balaban J connectivity index is 1.81. The van der Waals surface area contributed by atoms with Crippen LogP contribution in [0.5, 0.6) is 0 Å². The zero-order chi connectivity index (χ0) is 13.0. The van der Waals surface area contributed by atoms with E-state index in [0.717, 1.165) is 52.1 Å². The number of carboxylic acids is 1. The van der Waals surface area contributed by atoms with Gasteiger partial charge in [-0.2, -0.15) is 0 Å². The number of piperazine rings is 1. The lowest BCUT2D eigenvalue weighted by Gasteiger charge is -2.41. The molecule has 0 bridgehead atoms. The van der Waals surface area contributed by atoms with Gasteiger partial charge in [0.05, 0.1) is 0 Å². The lowest BCUT2D eigenvalue weighted by atomic mass is 10.00. The number of aliphatic carboxylic acids is 1. The summed E-state index contributed by atoms with van der Waals surface area (Å²) < 4.78 is 0. The minimum absolute atomic E-state index is 0.283. The summed E-state index contributed by atoms with van der Waals surface area (Å²) in [4.78, 5) is 15.9. The van der Waals surface area contributed by atoms with Crippen LogP contribution in [0.1, 0.15) is 26.2 Å². The van der Waals surface area contributed by atoms with E-state index < -0.39 is 5.97 Å². The number of hydrogen-bond acceptors (Lipinski definition) is 4. The maximum absolute atomic E-state index is 11.2. The summed E-state index contributed by atoms with van der Waals surface area (Å²) in [6.07, 6.45) is 2.93. The van der Waals surface area contributed by atoms with Crippen molar-refractivity contribution >= 4 is 5.97 Å². The fourth-order valence-electron chi connectivity index (χ4n) is 3.20. The van der Waals surface area contributed by atoms with Gasteiger partial charge in [-0.15, -0.1) is 0 Å². The molecule has 0 radical (unpaired) electrons. The minimum Gasteiger partial charge on any atom is -0.480 e. The Hall–Kier alpha value is -0.650. The van der Waals surface area contributed by atoms with Crippen molar-refractivity contribution < 1.29 is 9.90 Å². The second kappa shape index (κ2) is 6.50. The highest BCUT2D eigenvalue weighted by molar-refractivity contribution is 5.73. The van der Waals surface area contributed by atoms with Crippen molar-refractivity contribution in [1.29, 1.82) is 0 Å². The second-order valence-corrected chi connectivity index (χ2v) is 5.32. The van der Waals surface area contributed by atoms with Gasteiger partial charge in [0.15, 0.2) is 0 Å². The first-order chi connectivity index (χ1) is 8.72. The molecule has 2 rings (SSSR count). The van der Waals surface area contributed by atoms with Crippen molar-refractivity contribution in [3.8, 4) is 0 Å². The van der Waals surface area contributed by atoms with Crippen LogP contribution < -0.4 is 5.32 Å². The molecule has 18 heavy (non-hydrogen) atoms. The lowest BCUT2D eigenvalue weighted by Crippen LogP contribution is -2.54. The first-order valence-corrected chi connectivity index (χ1v) is 7.14. The summed E-state index contributed by atoms with van der Waals surface area (Å²) in [5.41, 5.74) is 0. The molecular formula is C13H25N3O2. The van der Waals surface area contributed by atoms with Crippen LogP contribution in [0.2, 0.25) is 0 Å². The Labute approximate surface area is 109 Å². The number of carboxylic acid groups (broad SMARTS) is 1. The van der Waals surface area contributed by atoms with Gasteiger partial charge >= 0.3 is 5.97 Å². The summed E-state index contributed by atoms with van der Waals surface area (Å²) in [6.45, 7) is 8.28. The molecule has 0 aromatic carbocycles. The Morgan fingerprint density at radius 2 is 1.89 bits per heavy atom. The smallest absolute Gasteiger partial charge is 0.320 e. The molecule has 2 fully saturated rings. The molecule has 1 atom stereocenters. The van der Waals surface area contributed by atoms with Crippen LogP contribution in [0.3, 0.4) is 0 Å². The molecular weight excluding hydrogens is 230 g/mol. The molecule has 2 heterocycles. The number of piperidine rings is 1. The van der Waals surface area contributed by atoms with Crippen molar-refractivity contribution in [3.63, 3.8) is 0 Å². The number of nitrogens with zero attached hydrogens (tertiary/aromatic N) is 2. The second-order valence-electron chi connectivity index (χ2n) is 5.32. The van der Waals surface area contributed by atoms with Crippen LogP contribution in [0.4, 0.5) is 0 Å². The van der Waals surface area contributed by atoms with Crippen molar-refractivity contribution in [3.05, 3.63) is 0 Å². The average Bonchev–Trinajstić information content (AvgIpc) is 2.41. The molecule has 0 saturated carbocycles. The monoisotopic (exact) mass is 255 g/mol. The van der Waals surface area contributed by atoms with Crippen LogP contribution >= 0.6 is 0 Å². The Bertz CT molecular complexity index is 271. The zero-order valence-electron chi connectivity index (χ0n) is 11.3. The Morgan fingerprint density at radius 3 is 2.39 bits per heavy atom. The molecule has 0 spiro atoms. The molecule has 2 saturated heterocycles. The Morgan fingerprint density at radius 1 is 1.28 bits per heavy atom. The van der Waals surface area contributed by atoms with Crippen LogP contribution in [0.15, 0.2) is 0 Å².